The number of ether oxygens (including phenoxy) is 2. The van der Waals surface area contributed by atoms with Crippen molar-refractivity contribution in [1.82, 2.24) is 14.8 Å². The number of benzene rings is 4. The molecule has 0 spiro atoms. The van der Waals surface area contributed by atoms with E-state index >= 15 is 0 Å². The Morgan fingerprint density at radius 2 is 1.75 bits per heavy atom. The minimum Gasteiger partial charge on any atom is -0.496 e. The van der Waals surface area contributed by atoms with Gasteiger partial charge in [0.25, 0.3) is 0 Å². The van der Waals surface area contributed by atoms with Gasteiger partial charge in [-0.2, -0.15) is 0 Å². The van der Waals surface area contributed by atoms with Crippen LogP contribution in [0.3, 0.4) is 0 Å². The van der Waals surface area contributed by atoms with Crippen LogP contribution in [0, 0.1) is 27.3 Å². The van der Waals surface area contributed by atoms with Gasteiger partial charge in [-0.25, -0.2) is 9.83 Å². The third-order valence-electron chi connectivity index (χ3n) is 10.5. The molecule has 5 aromatic rings. The van der Waals surface area contributed by atoms with Gasteiger partial charge in [0.05, 0.1) is 38.5 Å². The third-order valence-corrected chi connectivity index (χ3v) is 10.5. The van der Waals surface area contributed by atoms with Crippen LogP contribution in [0.5, 0.6) is 5.75 Å². The topological polar surface area (TPSA) is 113 Å². The highest BCUT2D eigenvalue weighted by molar-refractivity contribution is 5.90. The Labute approximate surface area is 309 Å². The van der Waals surface area contributed by atoms with Crippen molar-refractivity contribution in [2.45, 2.75) is 52.4 Å². The van der Waals surface area contributed by atoms with E-state index in [2.05, 4.69) is 79.1 Å². The second-order valence-electron chi connectivity index (χ2n) is 14.0. The highest BCUT2D eigenvalue weighted by atomic mass is 16.5. The number of rotatable bonds is 10. The van der Waals surface area contributed by atoms with Crippen LogP contribution in [0.4, 0.5) is 5.69 Å². The number of hydrogen-bond acceptors (Lipinski definition) is 8. The minimum atomic E-state index is -0.927. The number of aromatic nitrogens is 1. The van der Waals surface area contributed by atoms with Crippen LogP contribution < -0.4 is 4.74 Å². The lowest BCUT2D eigenvalue weighted by atomic mass is 9.91. The van der Waals surface area contributed by atoms with Gasteiger partial charge in [-0.15, -0.1) is 0 Å². The summed E-state index contributed by atoms with van der Waals surface area (Å²) in [6, 6.07) is 19.6. The molecule has 2 saturated heterocycles. The number of aryl methyl sites for hydroxylation is 1. The molecule has 0 bridgehead atoms. The van der Waals surface area contributed by atoms with E-state index in [-0.39, 0.29) is 12.7 Å². The summed E-state index contributed by atoms with van der Waals surface area (Å²) in [6.07, 6.45) is 4.84. The van der Waals surface area contributed by atoms with Crippen molar-refractivity contribution in [3.63, 3.8) is 0 Å². The minimum absolute atomic E-state index is 0.130. The van der Waals surface area contributed by atoms with Gasteiger partial charge in [0.1, 0.15) is 11.8 Å². The zero-order chi connectivity index (χ0) is 37.2. The van der Waals surface area contributed by atoms with Gasteiger partial charge in [-0.1, -0.05) is 48.6 Å². The number of morpholine rings is 1. The van der Waals surface area contributed by atoms with Crippen LogP contribution in [-0.2, 0) is 22.6 Å². The van der Waals surface area contributed by atoms with Crippen LogP contribution in [0.15, 0.2) is 65.1 Å². The van der Waals surface area contributed by atoms with Crippen molar-refractivity contribution >= 4 is 34.9 Å². The van der Waals surface area contributed by atoms with Crippen LogP contribution in [0.1, 0.15) is 45.4 Å². The Morgan fingerprint density at radius 3 is 2.49 bits per heavy atom. The quantitative estimate of drug-likeness (QED) is 0.111. The summed E-state index contributed by atoms with van der Waals surface area (Å²) in [5, 5.41) is 19.7. The standard InChI is InChI=1S/C43H44N4O6/c1-26-18-32(23-46-15-14-33(48)24-46)40(51-5)21-31(26)13-12-30-8-6-9-34(27(30)2)35-10-7-11-36(28(35)3)42-45-38-20-29(19-37(44-4)41(38)53-42)22-47-16-17-52-25-39(47)43(49)50/h6-13,18-21,33,39,48H,14-17,22-25H2,1-3,5H3,(H,49,50)/b13-12+/t33-,39?/m1/s1. The molecule has 3 heterocycles. The Balaban J connectivity index is 1.16. The molecule has 53 heavy (non-hydrogen) atoms. The molecule has 0 saturated carbocycles. The molecule has 4 aromatic carbocycles. The van der Waals surface area contributed by atoms with E-state index < -0.39 is 12.0 Å². The average molecular weight is 713 g/mol. The Hall–Kier alpha value is -5.31. The van der Waals surface area contributed by atoms with Crippen molar-refractivity contribution in [2.75, 3.05) is 40.0 Å². The first-order valence-electron chi connectivity index (χ1n) is 17.9. The summed E-state index contributed by atoms with van der Waals surface area (Å²) in [7, 11) is 1.71. The number of aliphatic hydroxyl groups excluding tert-OH is 1. The summed E-state index contributed by atoms with van der Waals surface area (Å²) in [6.45, 7) is 17.9. The van der Waals surface area contributed by atoms with E-state index in [0.29, 0.717) is 48.9 Å². The number of fused-ring (bicyclic) bond motifs is 1. The number of carboxylic acid groups (broad SMARTS) is 1. The number of β-amino-alcohol motifs (C(OH)–C–C–N with tert-alkyl or cyclic N) is 1. The first kappa shape index (κ1) is 36.1. The highest BCUT2D eigenvalue weighted by Gasteiger charge is 2.29. The maximum Gasteiger partial charge on any atom is 0.323 e. The summed E-state index contributed by atoms with van der Waals surface area (Å²) in [5.74, 6) is 0.347. The SMILES string of the molecule is [C-]#[N+]c1cc(CN2CCOCC2C(=O)O)cc2nc(-c3cccc(-c4cccc(/C=C/c5cc(OC)c(CN6CC[C@@H](O)C6)cc5C)c4C)c3C)oc12. The molecule has 2 atom stereocenters. The first-order valence-corrected chi connectivity index (χ1v) is 17.9. The van der Waals surface area contributed by atoms with Crippen LogP contribution >= 0.6 is 0 Å². The van der Waals surface area contributed by atoms with Gasteiger partial charge in [-0.3, -0.25) is 14.6 Å². The Kier molecular flexibility index (Phi) is 10.4. The average Bonchev–Trinajstić information content (AvgIpc) is 3.77. The van der Waals surface area contributed by atoms with Gasteiger partial charge in [0, 0.05) is 43.9 Å². The van der Waals surface area contributed by atoms with Crippen LogP contribution in [0.2, 0.25) is 0 Å². The van der Waals surface area contributed by atoms with E-state index in [1.165, 1.54) is 0 Å². The zero-order valence-corrected chi connectivity index (χ0v) is 30.6. The van der Waals surface area contributed by atoms with Gasteiger partial charge in [0.15, 0.2) is 5.58 Å². The number of hydrogen-bond donors (Lipinski definition) is 2. The summed E-state index contributed by atoms with van der Waals surface area (Å²) < 4.78 is 17.5. The lowest BCUT2D eigenvalue weighted by Gasteiger charge is -2.32. The molecule has 7 rings (SSSR count). The van der Waals surface area contributed by atoms with E-state index in [4.69, 9.17) is 25.4 Å². The largest absolute Gasteiger partial charge is 0.496 e. The van der Waals surface area contributed by atoms with Crippen molar-refractivity contribution < 1.29 is 28.9 Å². The van der Waals surface area contributed by atoms with E-state index in [1.807, 2.05) is 23.1 Å². The van der Waals surface area contributed by atoms with Gasteiger partial charge in [-0.05, 0) is 96.0 Å². The van der Waals surface area contributed by atoms with Gasteiger partial charge >= 0.3 is 5.97 Å². The number of aliphatic carboxylic acids is 1. The molecule has 0 amide bonds. The van der Waals surface area contributed by atoms with Crippen molar-refractivity contribution in [2.24, 2.45) is 0 Å². The molecule has 2 N–H and O–H groups in total. The summed E-state index contributed by atoms with van der Waals surface area (Å²) in [4.78, 5) is 24.5. The molecule has 10 heteroatoms. The fraction of sp³-hybridized carbons (Fsp3) is 0.326. The Morgan fingerprint density at radius 1 is 1.00 bits per heavy atom. The Bertz CT molecular complexity index is 2250. The number of carbonyl (C=O) groups is 1. The normalized spacial score (nSPS) is 18.2. The fourth-order valence-electron chi connectivity index (χ4n) is 7.57. The number of methoxy groups -OCH3 is 1. The highest BCUT2D eigenvalue weighted by Crippen LogP contribution is 2.38. The van der Waals surface area contributed by atoms with Crippen LogP contribution in [0.25, 0.3) is 50.7 Å². The van der Waals surface area contributed by atoms with Gasteiger partial charge in [0.2, 0.25) is 11.6 Å². The molecular formula is C43H44N4O6. The molecule has 2 aliphatic rings. The first-order chi connectivity index (χ1) is 25.6. The summed E-state index contributed by atoms with van der Waals surface area (Å²) >= 11 is 0. The van der Waals surface area contributed by atoms with E-state index in [0.717, 1.165) is 80.9 Å². The second-order valence-corrected chi connectivity index (χ2v) is 14.0. The predicted molar refractivity (Wildman–Crippen MR) is 206 cm³/mol. The smallest absolute Gasteiger partial charge is 0.323 e. The summed E-state index contributed by atoms with van der Waals surface area (Å²) in [5.41, 5.74) is 11.7. The lowest BCUT2D eigenvalue weighted by molar-refractivity contribution is -0.150. The second kappa shape index (κ2) is 15.3. The number of aliphatic hydroxyl groups is 1. The van der Waals surface area contributed by atoms with Crippen molar-refractivity contribution in [3.8, 4) is 28.3 Å². The molecule has 2 aliphatic heterocycles. The molecule has 1 aromatic heterocycles. The van der Waals surface area contributed by atoms with Crippen molar-refractivity contribution in [1.29, 1.82) is 0 Å². The maximum absolute atomic E-state index is 11.8. The van der Waals surface area contributed by atoms with Crippen molar-refractivity contribution in [3.05, 3.63) is 111 Å². The zero-order valence-electron chi connectivity index (χ0n) is 30.6. The predicted octanol–water partition coefficient (Wildman–Crippen LogP) is 7.67. The monoisotopic (exact) mass is 712 g/mol. The number of nitrogens with zero attached hydrogens (tertiary/aromatic N) is 4. The molecule has 10 nitrogen and oxygen atoms in total. The molecule has 1 unspecified atom stereocenters. The molecule has 2 fully saturated rings. The molecule has 0 aliphatic carbocycles. The van der Waals surface area contributed by atoms with E-state index in [9.17, 15) is 15.0 Å². The molecular weight excluding hydrogens is 668 g/mol. The molecule has 0 radical (unpaired) electrons. The third kappa shape index (κ3) is 7.48. The number of carboxylic acids is 1. The fourth-order valence-corrected chi connectivity index (χ4v) is 7.57. The maximum atomic E-state index is 11.8. The van der Waals surface area contributed by atoms with E-state index in [1.54, 1.807) is 13.2 Å². The molecule has 272 valence electrons. The van der Waals surface area contributed by atoms with Crippen LogP contribution in [-0.4, -0.2) is 83.1 Å². The van der Waals surface area contributed by atoms with Gasteiger partial charge < -0.3 is 24.1 Å². The number of likely N-dealkylation sites (tertiary alicyclic amines) is 1. The lowest BCUT2D eigenvalue weighted by Crippen LogP contribution is -2.49. The number of oxazole rings is 1.